The van der Waals surface area contributed by atoms with Crippen molar-refractivity contribution in [1.29, 1.82) is 0 Å². The first-order valence-corrected chi connectivity index (χ1v) is 11.7. The van der Waals surface area contributed by atoms with Crippen molar-refractivity contribution in [3.63, 3.8) is 0 Å². The van der Waals surface area contributed by atoms with Crippen LogP contribution < -0.4 is 0 Å². The first-order valence-electron chi connectivity index (χ1n) is 11.7. The van der Waals surface area contributed by atoms with Crippen molar-refractivity contribution in [2.75, 3.05) is 0 Å². The van der Waals surface area contributed by atoms with Crippen molar-refractivity contribution in [3.05, 3.63) is 108 Å². The summed E-state index contributed by atoms with van der Waals surface area (Å²) in [7, 11) is 0. The monoisotopic (exact) mass is 446 g/mol. The Morgan fingerprint density at radius 1 is 0.441 bits per heavy atom. The summed E-state index contributed by atoms with van der Waals surface area (Å²) in [6, 6.07) is 33.5. The first-order chi connectivity index (χ1) is 16.1. The second kappa shape index (κ2) is 8.09. The summed E-state index contributed by atoms with van der Waals surface area (Å²) in [5.41, 5.74) is 4.27. The lowest BCUT2D eigenvalue weighted by Gasteiger charge is -2.22. The minimum atomic E-state index is -0.919. The zero-order chi connectivity index (χ0) is 24.1. The lowest BCUT2D eigenvalue weighted by molar-refractivity contribution is 0.0786. The van der Waals surface area contributed by atoms with Crippen LogP contribution in [0.1, 0.15) is 38.8 Å². The van der Waals surface area contributed by atoms with Crippen LogP contribution in [-0.4, -0.2) is 10.2 Å². The van der Waals surface area contributed by atoms with Gasteiger partial charge in [0.15, 0.2) is 0 Å². The van der Waals surface area contributed by atoms with Crippen LogP contribution in [0.3, 0.4) is 0 Å². The molecule has 0 spiro atoms. The third kappa shape index (κ3) is 4.11. The maximum absolute atomic E-state index is 10.7. The van der Waals surface area contributed by atoms with Gasteiger partial charge in [-0.2, -0.15) is 0 Å². The fourth-order valence-corrected chi connectivity index (χ4v) is 4.87. The molecule has 5 rings (SSSR count). The summed E-state index contributed by atoms with van der Waals surface area (Å²) in [5, 5.41) is 26.0. The Labute approximate surface area is 201 Å². The van der Waals surface area contributed by atoms with Crippen LogP contribution in [0.25, 0.3) is 43.8 Å². The van der Waals surface area contributed by atoms with Gasteiger partial charge in [0.25, 0.3) is 0 Å². The third-order valence-corrected chi connectivity index (χ3v) is 6.59. The molecule has 5 aromatic carbocycles. The Bertz CT molecular complexity index is 1400. The van der Waals surface area contributed by atoms with Crippen molar-refractivity contribution in [2.24, 2.45) is 0 Å². The Kier molecular flexibility index (Phi) is 5.31. The van der Waals surface area contributed by atoms with E-state index in [1.807, 2.05) is 64.1 Å². The van der Waals surface area contributed by atoms with E-state index in [0.29, 0.717) is 0 Å². The minimum Gasteiger partial charge on any atom is -0.386 e. The maximum Gasteiger partial charge on any atom is 0.0846 e. The molecule has 0 amide bonds. The topological polar surface area (TPSA) is 40.5 Å². The number of hydrogen-bond acceptors (Lipinski definition) is 2. The molecule has 0 aliphatic rings. The summed E-state index contributed by atoms with van der Waals surface area (Å²) in [4.78, 5) is 0. The minimum absolute atomic E-state index is 0.917. The predicted octanol–water partition coefficient (Wildman–Crippen LogP) is 7.78. The molecular weight excluding hydrogens is 416 g/mol. The summed E-state index contributed by atoms with van der Waals surface area (Å²) < 4.78 is 0. The van der Waals surface area contributed by atoms with E-state index >= 15 is 0 Å². The molecule has 0 aromatic heterocycles. The van der Waals surface area contributed by atoms with Gasteiger partial charge in [0.05, 0.1) is 11.2 Å². The second-order valence-electron chi connectivity index (χ2n) is 10.2. The Morgan fingerprint density at radius 2 is 0.824 bits per heavy atom. The van der Waals surface area contributed by atoms with Gasteiger partial charge in [-0.1, -0.05) is 72.8 Å². The molecular formula is C32H30O2. The molecule has 2 N–H and O–H groups in total. The molecule has 2 heteroatoms. The van der Waals surface area contributed by atoms with E-state index < -0.39 is 11.2 Å². The molecule has 0 unspecified atom stereocenters. The van der Waals surface area contributed by atoms with Gasteiger partial charge in [0.1, 0.15) is 0 Å². The molecule has 0 saturated carbocycles. The summed E-state index contributed by atoms with van der Waals surface area (Å²) >= 11 is 0. The highest BCUT2D eigenvalue weighted by Gasteiger charge is 2.21. The Morgan fingerprint density at radius 3 is 1.24 bits per heavy atom. The van der Waals surface area contributed by atoms with Gasteiger partial charge < -0.3 is 10.2 Å². The van der Waals surface area contributed by atoms with Crippen LogP contribution >= 0.6 is 0 Å². The van der Waals surface area contributed by atoms with Crippen LogP contribution in [-0.2, 0) is 11.2 Å². The molecule has 0 radical (unpaired) electrons. The van der Waals surface area contributed by atoms with E-state index in [9.17, 15) is 10.2 Å². The van der Waals surface area contributed by atoms with E-state index in [-0.39, 0.29) is 0 Å². The second-order valence-corrected chi connectivity index (χ2v) is 10.2. The molecule has 5 aromatic rings. The number of aliphatic hydroxyl groups is 2. The predicted molar refractivity (Wildman–Crippen MR) is 143 cm³/mol. The van der Waals surface area contributed by atoms with E-state index in [2.05, 4.69) is 60.7 Å². The van der Waals surface area contributed by atoms with Gasteiger partial charge in [0, 0.05) is 0 Å². The van der Waals surface area contributed by atoms with E-state index in [1.165, 1.54) is 10.8 Å². The Balaban J connectivity index is 1.66. The third-order valence-electron chi connectivity index (χ3n) is 6.59. The lowest BCUT2D eigenvalue weighted by Crippen LogP contribution is -2.16. The molecule has 0 fully saturated rings. The molecule has 0 aliphatic heterocycles. The van der Waals surface area contributed by atoms with Gasteiger partial charge in [-0.3, -0.25) is 0 Å². The number of hydrogen-bond donors (Lipinski definition) is 2. The van der Waals surface area contributed by atoms with Crippen molar-refractivity contribution in [1.82, 2.24) is 0 Å². The van der Waals surface area contributed by atoms with Gasteiger partial charge in [0.2, 0.25) is 0 Å². The van der Waals surface area contributed by atoms with Crippen LogP contribution in [0.2, 0.25) is 0 Å². The molecule has 34 heavy (non-hydrogen) atoms. The lowest BCUT2D eigenvalue weighted by atomic mass is 9.88. The summed E-state index contributed by atoms with van der Waals surface area (Å²) in [6.07, 6.45) is 0. The molecule has 0 atom stereocenters. The van der Waals surface area contributed by atoms with Gasteiger partial charge in [-0.25, -0.2) is 0 Å². The zero-order valence-electron chi connectivity index (χ0n) is 20.1. The van der Waals surface area contributed by atoms with Crippen LogP contribution in [0.15, 0.2) is 97.1 Å². The van der Waals surface area contributed by atoms with Crippen LogP contribution in [0.4, 0.5) is 0 Å². The number of fused-ring (bicyclic) bond motifs is 2. The highest BCUT2D eigenvalue weighted by Crippen LogP contribution is 2.36. The zero-order valence-corrected chi connectivity index (χ0v) is 20.1. The SMILES string of the molecule is CC(C)(O)c1ccccc1-c1ccc2cc3ccc(-c4ccccc4C(C)(C)O)cc3cc2c1. The van der Waals surface area contributed by atoms with Crippen LogP contribution in [0, 0.1) is 0 Å². The van der Waals surface area contributed by atoms with Gasteiger partial charge in [-0.05, 0) is 107 Å². The smallest absolute Gasteiger partial charge is 0.0846 e. The van der Waals surface area contributed by atoms with Crippen molar-refractivity contribution in [3.8, 4) is 22.3 Å². The quantitative estimate of drug-likeness (QED) is 0.277. The number of rotatable bonds is 4. The molecule has 0 saturated heterocycles. The van der Waals surface area contributed by atoms with Gasteiger partial charge >= 0.3 is 0 Å². The molecule has 170 valence electrons. The Hall–Kier alpha value is -3.46. The molecule has 0 bridgehead atoms. The van der Waals surface area contributed by atoms with E-state index in [1.54, 1.807) is 0 Å². The van der Waals surface area contributed by atoms with E-state index in [0.717, 1.165) is 44.2 Å². The average Bonchev–Trinajstić information content (AvgIpc) is 2.81. The number of benzene rings is 5. The highest BCUT2D eigenvalue weighted by molar-refractivity contribution is 6.01. The van der Waals surface area contributed by atoms with Gasteiger partial charge in [-0.15, -0.1) is 0 Å². The first kappa shape index (κ1) is 22.3. The molecule has 2 nitrogen and oxygen atoms in total. The fraction of sp³-hybridized carbons (Fsp3) is 0.188. The normalized spacial score (nSPS) is 12.4. The largest absolute Gasteiger partial charge is 0.386 e. The molecule has 0 aliphatic carbocycles. The van der Waals surface area contributed by atoms with E-state index in [4.69, 9.17) is 0 Å². The standard InChI is InChI=1S/C32H30O2/c1-31(2,33)29-11-7-5-9-27(29)23-15-13-21-17-22-14-16-24(19-26(22)20-25(21)18-23)28-10-6-8-12-30(28)32(3,4)34/h5-20,33-34H,1-4H3. The van der Waals surface area contributed by atoms with Crippen LogP contribution in [0.5, 0.6) is 0 Å². The fourth-order valence-electron chi connectivity index (χ4n) is 4.87. The van der Waals surface area contributed by atoms with Crippen molar-refractivity contribution < 1.29 is 10.2 Å². The van der Waals surface area contributed by atoms with Crippen molar-refractivity contribution >= 4 is 21.5 Å². The highest BCUT2D eigenvalue weighted by atomic mass is 16.3. The average molecular weight is 447 g/mol. The maximum atomic E-state index is 10.7. The summed E-state index contributed by atoms with van der Waals surface area (Å²) in [5.74, 6) is 0. The molecule has 0 heterocycles. The van der Waals surface area contributed by atoms with Crippen molar-refractivity contribution in [2.45, 2.75) is 38.9 Å². The summed E-state index contributed by atoms with van der Waals surface area (Å²) in [6.45, 7) is 7.31.